The van der Waals surface area contributed by atoms with Crippen LogP contribution in [0.5, 0.6) is 0 Å². The number of halogens is 2. The van der Waals surface area contributed by atoms with Gasteiger partial charge in [0.05, 0.1) is 12.7 Å². The highest BCUT2D eigenvalue weighted by Crippen LogP contribution is 2.11. The molecule has 0 saturated carbocycles. The normalized spacial score (nSPS) is 12.9. The van der Waals surface area contributed by atoms with Crippen molar-refractivity contribution in [3.05, 3.63) is 35.4 Å². The summed E-state index contributed by atoms with van der Waals surface area (Å²) in [6.07, 6.45) is -0.579. The van der Waals surface area contributed by atoms with Gasteiger partial charge in [-0.15, -0.1) is 0 Å². The van der Waals surface area contributed by atoms with Crippen molar-refractivity contribution in [2.75, 3.05) is 26.3 Å². The van der Waals surface area contributed by atoms with Crippen LogP contribution in [0, 0.1) is 11.6 Å². The maximum Gasteiger partial charge on any atom is 0.159 e. The molecule has 1 aromatic rings. The van der Waals surface area contributed by atoms with Crippen LogP contribution in [0.4, 0.5) is 8.78 Å². The number of hydrogen-bond donors (Lipinski definition) is 1. The van der Waals surface area contributed by atoms with E-state index in [0.717, 1.165) is 6.07 Å². The number of hydrogen-bond acceptors (Lipinski definition) is 3. The Hall–Kier alpha value is -1.04. The summed E-state index contributed by atoms with van der Waals surface area (Å²) in [5, 5.41) is 9.76. The van der Waals surface area contributed by atoms with Crippen LogP contribution in [0.3, 0.4) is 0 Å². The predicted octanol–water partition coefficient (Wildman–Crippen LogP) is 2.18. The number of benzene rings is 1. The first-order chi connectivity index (χ1) is 9.06. The summed E-state index contributed by atoms with van der Waals surface area (Å²) in [5.41, 5.74) is 0.685. The van der Waals surface area contributed by atoms with E-state index >= 15 is 0 Å². The van der Waals surface area contributed by atoms with Gasteiger partial charge in [-0.25, -0.2) is 8.78 Å². The third-order valence-electron chi connectivity index (χ3n) is 2.82. The van der Waals surface area contributed by atoms with Gasteiger partial charge in [0.25, 0.3) is 0 Å². The molecule has 0 unspecified atom stereocenters. The molecule has 0 amide bonds. The molecular formula is C14H21F2NO2. The van der Waals surface area contributed by atoms with E-state index in [1.807, 2.05) is 18.7 Å². The van der Waals surface area contributed by atoms with Crippen molar-refractivity contribution in [1.29, 1.82) is 0 Å². The van der Waals surface area contributed by atoms with Crippen LogP contribution >= 0.6 is 0 Å². The first-order valence-corrected chi connectivity index (χ1v) is 6.48. The third kappa shape index (κ3) is 5.63. The maximum absolute atomic E-state index is 13.1. The SMILES string of the molecule is CCOC[C@H](O)CN(CC)Cc1ccc(F)c(F)c1. The number of aliphatic hydroxyl groups excluding tert-OH is 1. The molecule has 0 spiro atoms. The second kappa shape index (κ2) is 8.19. The van der Waals surface area contributed by atoms with Gasteiger partial charge >= 0.3 is 0 Å². The van der Waals surface area contributed by atoms with E-state index in [1.54, 1.807) is 6.07 Å². The Morgan fingerprint density at radius 1 is 1.26 bits per heavy atom. The van der Waals surface area contributed by atoms with Crippen molar-refractivity contribution in [2.24, 2.45) is 0 Å². The molecule has 0 fully saturated rings. The number of ether oxygens (including phenoxy) is 1. The zero-order valence-corrected chi connectivity index (χ0v) is 11.4. The van der Waals surface area contributed by atoms with Crippen LogP contribution in [0.15, 0.2) is 18.2 Å². The Balaban J connectivity index is 2.53. The summed E-state index contributed by atoms with van der Waals surface area (Å²) >= 11 is 0. The minimum Gasteiger partial charge on any atom is -0.389 e. The molecule has 1 rings (SSSR count). The molecule has 0 aliphatic heterocycles. The topological polar surface area (TPSA) is 32.7 Å². The van der Waals surface area contributed by atoms with E-state index in [0.29, 0.717) is 31.8 Å². The Morgan fingerprint density at radius 3 is 2.58 bits per heavy atom. The molecule has 3 nitrogen and oxygen atoms in total. The fourth-order valence-electron chi connectivity index (χ4n) is 1.81. The lowest BCUT2D eigenvalue weighted by molar-refractivity contribution is 0.0206. The molecular weight excluding hydrogens is 252 g/mol. The van der Waals surface area contributed by atoms with Crippen LogP contribution in [0.25, 0.3) is 0 Å². The van der Waals surface area contributed by atoms with Crippen molar-refractivity contribution in [1.82, 2.24) is 4.90 Å². The Kier molecular flexibility index (Phi) is 6.91. The summed E-state index contributed by atoms with van der Waals surface area (Å²) in [4.78, 5) is 1.95. The molecule has 0 saturated heterocycles. The van der Waals surface area contributed by atoms with Gasteiger partial charge in [-0.05, 0) is 31.2 Å². The molecule has 0 aliphatic carbocycles. The monoisotopic (exact) mass is 273 g/mol. The smallest absolute Gasteiger partial charge is 0.159 e. The standard InChI is InChI=1S/C14H21F2NO2/c1-3-17(9-12(18)10-19-4-2)8-11-5-6-13(15)14(16)7-11/h5-7,12,18H,3-4,8-10H2,1-2H3/t12-/m1/s1. The van der Waals surface area contributed by atoms with Crippen LogP contribution < -0.4 is 0 Å². The minimum absolute atomic E-state index is 0.283. The summed E-state index contributed by atoms with van der Waals surface area (Å²) < 4.78 is 31.1. The van der Waals surface area contributed by atoms with Crippen molar-refractivity contribution in [3.63, 3.8) is 0 Å². The first kappa shape index (κ1) is 16.0. The average molecular weight is 273 g/mol. The molecule has 0 bridgehead atoms. The number of likely N-dealkylation sites (N-methyl/N-ethyl adjacent to an activating group) is 1. The largest absolute Gasteiger partial charge is 0.389 e. The zero-order valence-electron chi connectivity index (χ0n) is 11.4. The van der Waals surface area contributed by atoms with Crippen LogP contribution in [0.1, 0.15) is 19.4 Å². The van der Waals surface area contributed by atoms with Gasteiger partial charge in [0.1, 0.15) is 0 Å². The van der Waals surface area contributed by atoms with E-state index in [1.165, 1.54) is 6.07 Å². The maximum atomic E-state index is 13.1. The number of nitrogens with zero attached hydrogens (tertiary/aromatic N) is 1. The average Bonchev–Trinajstić information content (AvgIpc) is 2.39. The third-order valence-corrected chi connectivity index (χ3v) is 2.82. The van der Waals surface area contributed by atoms with Crippen LogP contribution in [0.2, 0.25) is 0 Å². The molecule has 0 heterocycles. The highest BCUT2D eigenvalue weighted by molar-refractivity contribution is 5.17. The summed E-state index contributed by atoms with van der Waals surface area (Å²) in [7, 11) is 0. The first-order valence-electron chi connectivity index (χ1n) is 6.48. The highest BCUT2D eigenvalue weighted by Gasteiger charge is 2.12. The molecule has 1 atom stereocenters. The lowest BCUT2D eigenvalue weighted by Crippen LogP contribution is -2.34. The molecule has 19 heavy (non-hydrogen) atoms. The Bertz CT molecular complexity index is 388. The van der Waals surface area contributed by atoms with Crippen LogP contribution in [-0.2, 0) is 11.3 Å². The Labute approximate surface area is 112 Å². The van der Waals surface area contributed by atoms with Crippen molar-refractivity contribution in [3.8, 4) is 0 Å². The van der Waals surface area contributed by atoms with Gasteiger partial charge in [-0.2, -0.15) is 0 Å². The second-order valence-corrected chi connectivity index (χ2v) is 4.39. The van der Waals surface area contributed by atoms with Gasteiger partial charge in [-0.3, -0.25) is 4.90 Å². The van der Waals surface area contributed by atoms with E-state index in [-0.39, 0.29) is 6.61 Å². The highest BCUT2D eigenvalue weighted by atomic mass is 19.2. The number of rotatable bonds is 8. The zero-order chi connectivity index (χ0) is 14.3. The lowest BCUT2D eigenvalue weighted by atomic mass is 10.2. The minimum atomic E-state index is -0.844. The molecule has 1 N–H and O–H groups in total. The summed E-state index contributed by atoms with van der Waals surface area (Å²) in [6, 6.07) is 3.86. The molecule has 108 valence electrons. The van der Waals surface area contributed by atoms with Crippen LogP contribution in [-0.4, -0.2) is 42.4 Å². The quantitative estimate of drug-likeness (QED) is 0.788. The van der Waals surface area contributed by atoms with Gasteiger partial charge in [0.2, 0.25) is 0 Å². The van der Waals surface area contributed by atoms with Crippen molar-refractivity contribution >= 4 is 0 Å². The van der Waals surface area contributed by atoms with Crippen molar-refractivity contribution in [2.45, 2.75) is 26.5 Å². The molecule has 1 aromatic carbocycles. The lowest BCUT2D eigenvalue weighted by Gasteiger charge is -2.23. The van der Waals surface area contributed by atoms with Gasteiger partial charge in [0.15, 0.2) is 11.6 Å². The Morgan fingerprint density at radius 2 is 2.00 bits per heavy atom. The van der Waals surface area contributed by atoms with E-state index in [4.69, 9.17) is 4.74 Å². The second-order valence-electron chi connectivity index (χ2n) is 4.39. The fraction of sp³-hybridized carbons (Fsp3) is 0.571. The van der Waals surface area contributed by atoms with Crippen molar-refractivity contribution < 1.29 is 18.6 Å². The van der Waals surface area contributed by atoms with E-state index in [2.05, 4.69) is 0 Å². The number of aliphatic hydroxyl groups is 1. The van der Waals surface area contributed by atoms with Gasteiger partial charge in [0, 0.05) is 19.7 Å². The molecule has 0 radical (unpaired) electrons. The fourth-order valence-corrected chi connectivity index (χ4v) is 1.81. The molecule has 5 heteroatoms. The van der Waals surface area contributed by atoms with E-state index < -0.39 is 17.7 Å². The van der Waals surface area contributed by atoms with Gasteiger partial charge < -0.3 is 9.84 Å². The summed E-state index contributed by atoms with van der Waals surface area (Å²) in [6.45, 7) is 6.28. The molecule has 0 aliphatic rings. The van der Waals surface area contributed by atoms with Gasteiger partial charge in [-0.1, -0.05) is 13.0 Å². The summed E-state index contributed by atoms with van der Waals surface area (Å²) in [5.74, 6) is -1.69. The molecule has 0 aromatic heterocycles. The predicted molar refractivity (Wildman–Crippen MR) is 69.8 cm³/mol. The van der Waals surface area contributed by atoms with E-state index in [9.17, 15) is 13.9 Å².